The van der Waals surface area contributed by atoms with Crippen molar-refractivity contribution in [3.05, 3.63) is 0 Å². The van der Waals surface area contributed by atoms with Crippen molar-refractivity contribution in [1.82, 2.24) is 0 Å². The molecule has 0 fully saturated rings. The number of esters is 2. The highest BCUT2D eigenvalue weighted by molar-refractivity contribution is 5.69. The van der Waals surface area contributed by atoms with Gasteiger partial charge in [0.15, 0.2) is 0 Å². The molecule has 0 aliphatic carbocycles. The summed E-state index contributed by atoms with van der Waals surface area (Å²) in [6, 6.07) is 0. The van der Waals surface area contributed by atoms with Crippen LogP contribution in [0.3, 0.4) is 0 Å². The lowest BCUT2D eigenvalue weighted by molar-refractivity contribution is -0.145. The van der Waals surface area contributed by atoms with E-state index >= 15 is 0 Å². The highest BCUT2D eigenvalue weighted by atomic mass is 16.5. The molecule has 0 aliphatic rings. The van der Waals surface area contributed by atoms with Crippen molar-refractivity contribution >= 4 is 11.9 Å². The summed E-state index contributed by atoms with van der Waals surface area (Å²) in [7, 11) is 0. The van der Waals surface area contributed by atoms with Crippen LogP contribution in [-0.4, -0.2) is 25.2 Å². The molecule has 4 heteroatoms. The van der Waals surface area contributed by atoms with Crippen LogP contribution in [0.5, 0.6) is 0 Å². The van der Waals surface area contributed by atoms with Crippen LogP contribution in [-0.2, 0) is 19.1 Å². The first-order valence-electron chi connectivity index (χ1n) is 18.2. The third-order valence-electron chi connectivity index (χ3n) is 8.40. The first-order chi connectivity index (χ1) is 19.8. The number of carbonyl (C=O) groups excluding carboxylic acids is 2. The molecule has 0 rings (SSSR count). The molecule has 4 nitrogen and oxygen atoms in total. The molecule has 0 spiro atoms. The summed E-state index contributed by atoms with van der Waals surface area (Å²) in [5.41, 5.74) is 0. The van der Waals surface area contributed by atoms with Gasteiger partial charge < -0.3 is 9.47 Å². The average Bonchev–Trinajstić information content (AvgIpc) is 2.93. The largest absolute Gasteiger partial charge is 0.466 e. The lowest BCUT2D eigenvalue weighted by Gasteiger charge is -2.14. The quantitative estimate of drug-likeness (QED) is 0.0604. The Bertz CT molecular complexity index is 571. The third kappa shape index (κ3) is 31.7. The fraction of sp³-hybridized carbons (Fsp3) is 0.946. The Kier molecular flexibility index (Phi) is 29.6. The third-order valence-corrected chi connectivity index (χ3v) is 8.40. The second-order valence-electron chi connectivity index (χ2n) is 13.5. The molecule has 0 aromatic rings. The standard InChI is InChI=1S/C37H72O4/c1-6-35(32-37(39)41-31-25-19-21-27-34(4)5)28-22-16-14-12-10-8-7-9-11-13-15-17-23-29-36(38)40-30-24-18-20-26-33(2)3/h33-35H,6-32H2,1-5H3. The van der Waals surface area contributed by atoms with Crippen LogP contribution < -0.4 is 0 Å². The van der Waals surface area contributed by atoms with Crippen LogP contribution in [0.2, 0.25) is 0 Å². The van der Waals surface area contributed by atoms with Gasteiger partial charge in [0.25, 0.3) is 0 Å². The van der Waals surface area contributed by atoms with Crippen molar-refractivity contribution in [2.24, 2.45) is 17.8 Å². The van der Waals surface area contributed by atoms with Crippen LogP contribution in [0.15, 0.2) is 0 Å². The van der Waals surface area contributed by atoms with Crippen molar-refractivity contribution in [2.45, 2.75) is 195 Å². The Morgan fingerprint density at radius 3 is 1.27 bits per heavy atom. The minimum absolute atomic E-state index is 0.00248. The highest BCUT2D eigenvalue weighted by Gasteiger charge is 2.13. The molecule has 244 valence electrons. The fourth-order valence-electron chi connectivity index (χ4n) is 5.50. The number of hydrogen-bond acceptors (Lipinski definition) is 4. The van der Waals surface area contributed by atoms with E-state index in [9.17, 15) is 9.59 Å². The SMILES string of the molecule is CCC(CCCCCCCCCCCCCCCC(=O)OCCCCCC(C)C)CC(=O)OCCCCCC(C)C. The normalized spacial score (nSPS) is 12.3. The molecule has 0 saturated carbocycles. The van der Waals surface area contributed by atoms with Crippen LogP contribution in [0.1, 0.15) is 195 Å². The maximum absolute atomic E-state index is 12.2. The zero-order chi connectivity index (χ0) is 30.4. The van der Waals surface area contributed by atoms with E-state index in [0.717, 1.165) is 43.9 Å². The lowest BCUT2D eigenvalue weighted by Crippen LogP contribution is -2.12. The van der Waals surface area contributed by atoms with Crippen molar-refractivity contribution in [1.29, 1.82) is 0 Å². The molecule has 0 heterocycles. The molecule has 0 aliphatic heterocycles. The molecular weight excluding hydrogens is 508 g/mol. The van der Waals surface area contributed by atoms with Gasteiger partial charge in [0.05, 0.1) is 13.2 Å². The van der Waals surface area contributed by atoms with E-state index in [2.05, 4.69) is 34.6 Å². The van der Waals surface area contributed by atoms with Crippen LogP contribution in [0.4, 0.5) is 0 Å². The second kappa shape index (κ2) is 30.4. The van der Waals surface area contributed by atoms with Gasteiger partial charge in [0, 0.05) is 12.8 Å². The first kappa shape index (κ1) is 39.9. The first-order valence-corrected chi connectivity index (χ1v) is 18.2. The maximum Gasteiger partial charge on any atom is 0.306 e. The van der Waals surface area contributed by atoms with Gasteiger partial charge in [-0.2, -0.15) is 0 Å². The van der Waals surface area contributed by atoms with E-state index < -0.39 is 0 Å². The van der Waals surface area contributed by atoms with Crippen molar-refractivity contribution in [2.75, 3.05) is 13.2 Å². The van der Waals surface area contributed by atoms with Gasteiger partial charge in [-0.25, -0.2) is 0 Å². The zero-order valence-electron chi connectivity index (χ0n) is 28.5. The Labute approximate surface area is 256 Å². The molecule has 1 unspecified atom stereocenters. The molecule has 1 atom stereocenters. The predicted molar refractivity (Wildman–Crippen MR) is 176 cm³/mol. The summed E-state index contributed by atoms with van der Waals surface area (Å²) < 4.78 is 10.8. The van der Waals surface area contributed by atoms with Gasteiger partial charge in [-0.1, -0.05) is 157 Å². The number of hydrogen-bond donors (Lipinski definition) is 0. The minimum atomic E-state index is -0.00248. The van der Waals surface area contributed by atoms with Gasteiger partial charge >= 0.3 is 11.9 Å². The summed E-state index contributed by atoms with van der Waals surface area (Å²) in [6.45, 7) is 12.5. The molecule has 41 heavy (non-hydrogen) atoms. The van der Waals surface area contributed by atoms with E-state index in [-0.39, 0.29) is 11.9 Å². The number of unbranched alkanes of at least 4 members (excludes halogenated alkanes) is 16. The highest BCUT2D eigenvalue weighted by Crippen LogP contribution is 2.20. The van der Waals surface area contributed by atoms with Gasteiger partial charge in [-0.3, -0.25) is 9.59 Å². The minimum Gasteiger partial charge on any atom is -0.466 e. The van der Waals surface area contributed by atoms with Crippen LogP contribution in [0, 0.1) is 17.8 Å². The fourth-order valence-corrected chi connectivity index (χ4v) is 5.50. The summed E-state index contributed by atoms with van der Waals surface area (Å²) in [6.07, 6.45) is 29.5. The van der Waals surface area contributed by atoms with E-state index in [0.29, 0.717) is 32.0 Å². The molecule has 0 N–H and O–H groups in total. The van der Waals surface area contributed by atoms with Crippen LogP contribution in [0.25, 0.3) is 0 Å². The van der Waals surface area contributed by atoms with Gasteiger partial charge in [-0.15, -0.1) is 0 Å². The number of ether oxygens (including phenoxy) is 2. The van der Waals surface area contributed by atoms with Crippen molar-refractivity contribution in [3.8, 4) is 0 Å². The van der Waals surface area contributed by atoms with Crippen LogP contribution >= 0.6 is 0 Å². The lowest BCUT2D eigenvalue weighted by atomic mass is 9.95. The Morgan fingerprint density at radius 1 is 0.463 bits per heavy atom. The second-order valence-corrected chi connectivity index (χ2v) is 13.5. The Hall–Kier alpha value is -1.06. The molecule has 0 aromatic carbocycles. The average molecular weight is 581 g/mol. The van der Waals surface area contributed by atoms with E-state index in [1.54, 1.807) is 0 Å². The maximum atomic E-state index is 12.2. The van der Waals surface area contributed by atoms with Gasteiger partial charge in [-0.05, 0) is 43.4 Å². The Morgan fingerprint density at radius 2 is 0.829 bits per heavy atom. The summed E-state index contributed by atoms with van der Waals surface area (Å²) >= 11 is 0. The molecule has 0 radical (unpaired) electrons. The zero-order valence-corrected chi connectivity index (χ0v) is 28.5. The van der Waals surface area contributed by atoms with E-state index in [4.69, 9.17) is 9.47 Å². The monoisotopic (exact) mass is 581 g/mol. The summed E-state index contributed by atoms with van der Waals surface area (Å²) in [5, 5.41) is 0. The predicted octanol–water partition coefficient (Wildman–Crippen LogP) is 11.8. The van der Waals surface area contributed by atoms with Gasteiger partial charge in [0.2, 0.25) is 0 Å². The smallest absolute Gasteiger partial charge is 0.306 e. The molecule has 0 aromatic heterocycles. The number of carbonyl (C=O) groups is 2. The number of rotatable bonds is 31. The molecule has 0 bridgehead atoms. The molecule has 0 saturated heterocycles. The molecular formula is C37H72O4. The summed E-state index contributed by atoms with van der Waals surface area (Å²) in [5.74, 6) is 2.04. The molecule has 0 amide bonds. The topological polar surface area (TPSA) is 52.6 Å². The van der Waals surface area contributed by atoms with E-state index in [1.165, 1.54) is 116 Å². The van der Waals surface area contributed by atoms with Crippen molar-refractivity contribution in [3.63, 3.8) is 0 Å². The Balaban J connectivity index is 3.40. The van der Waals surface area contributed by atoms with Gasteiger partial charge in [0.1, 0.15) is 0 Å². The summed E-state index contributed by atoms with van der Waals surface area (Å²) in [4.78, 5) is 24.0. The van der Waals surface area contributed by atoms with Crippen molar-refractivity contribution < 1.29 is 19.1 Å². The van der Waals surface area contributed by atoms with E-state index in [1.807, 2.05) is 0 Å².